The summed E-state index contributed by atoms with van der Waals surface area (Å²) in [4.78, 5) is 16.9. The molecule has 3 rings (SSSR count). The third-order valence-corrected chi connectivity index (χ3v) is 4.74. The van der Waals surface area contributed by atoms with Gasteiger partial charge in [0, 0.05) is 21.5 Å². The Hall–Kier alpha value is -2.17. The number of carbonyl (C=O) groups excluding carboxylic acids is 1. The van der Waals surface area contributed by atoms with Crippen molar-refractivity contribution in [3.63, 3.8) is 0 Å². The molecule has 2 aromatic carbocycles. The summed E-state index contributed by atoms with van der Waals surface area (Å²) >= 11 is 7.35. The number of amides is 1. The minimum Gasteiger partial charge on any atom is -0.298 e. The number of hydrogen-bond donors (Lipinski definition) is 1. The molecule has 122 valence electrons. The molecular formula is C19H17ClN2OS. The molecular weight excluding hydrogens is 340 g/mol. The molecule has 1 aromatic heterocycles. The van der Waals surface area contributed by atoms with Gasteiger partial charge in [0.15, 0.2) is 5.13 Å². The first-order valence-corrected chi connectivity index (χ1v) is 8.80. The van der Waals surface area contributed by atoms with E-state index in [1.807, 2.05) is 5.38 Å². The third kappa shape index (κ3) is 3.50. The molecule has 0 aliphatic rings. The number of nitrogens with zero attached hydrogens (tertiary/aromatic N) is 1. The first-order chi connectivity index (χ1) is 11.4. The van der Waals surface area contributed by atoms with Crippen molar-refractivity contribution in [2.45, 2.75) is 20.8 Å². The average molecular weight is 357 g/mol. The second-order valence-electron chi connectivity index (χ2n) is 5.78. The Balaban J connectivity index is 1.85. The molecule has 1 amide bonds. The lowest BCUT2D eigenvalue weighted by atomic mass is 9.98. The fourth-order valence-electron chi connectivity index (χ4n) is 2.83. The third-order valence-electron chi connectivity index (χ3n) is 3.74. The summed E-state index contributed by atoms with van der Waals surface area (Å²) in [7, 11) is 0. The summed E-state index contributed by atoms with van der Waals surface area (Å²) in [5.41, 5.74) is 6.13. The average Bonchev–Trinajstić information content (AvgIpc) is 2.94. The van der Waals surface area contributed by atoms with Crippen LogP contribution in [0.15, 0.2) is 41.8 Å². The number of aryl methyl sites for hydroxylation is 3. The molecule has 0 aliphatic heterocycles. The van der Waals surface area contributed by atoms with E-state index in [1.54, 1.807) is 24.3 Å². The highest BCUT2D eigenvalue weighted by atomic mass is 35.5. The van der Waals surface area contributed by atoms with E-state index in [0.29, 0.717) is 15.7 Å². The fourth-order valence-corrected chi connectivity index (χ4v) is 3.72. The first kappa shape index (κ1) is 16.7. The molecule has 24 heavy (non-hydrogen) atoms. The van der Waals surface area contributed by atoms with Crippen LogP contribution in [-0.2, 0) is 0 Å². The van der Waals surface area contributed by atoms with Crippen LogP contribution >= 0.6 is 22.9 Å². The number of thiazole rings is 1. The fraction of sp³-hybridized carbons (Fsp3) is 0.158. The lowest BCUT2D eigenvalue weighted by Crippen LogP contribution is -2.11. The summed E-state index contributed by atoms with van der Waals surface area (Å²) in [6.07, 6.45) is 0. The maximum atomic E-state index is 12.3. The molecule has 0 atom stereocenters. The number of benzene rings is 2. The maximum Gasteiger partial charge on any atom is 0.257 e. The molecule has 0 aliphatic carbocycles. The van der Waals surface area contributed by atoms with Crippen molar-refractivity contribution in [3.05, 3.63) is 69.1 Å². The van der Waals surface area contributed by atoms with E-state index in [-0.39, 0.29) is 5.91 Å². The SMILES string of the molecule is Cc1cc(C)c(-c2csc(NC(=O)c3cccc(Cl)c3)n2)c(C)c1. The summed E-state index contributed by atoms with van der Waals surface area (Å²) in [6, 6.07) is 11.1. The quantitative estimate of drug-likeness (QED) is 0.659. The molecule has 1 N–H and O–H groups in total. The molecule has 3 aromatic rings. The van der Waals surface area contributed by atoms with E-state index in [1.165, 1.54) is 28.0 Å². The minimum absolute atomic E-state index is 0.212. The summed E-state index contributed by atoms with van der Waals surface area (Å²) in [6.45, 7) is 6.25. The number of anilines is 1. The van der Waals surface area contributed by atoms with Gasteiger partial charge < -0.3 is 0 Å². The number of nitrogens with one attached hydrogen (secondary N) is 1. The van der Waals surface area contributed by atoms with Crippen molar-refractivity contribution < 1.29 is 4.79 Å². The van der Waals surface area contributed by atoms with E-state index >= 15 is 0 Å². The zero-order chi connectivity index (χ0) is 17.3. The van der Waals surface area contributed by atoms with E-state index in [4.69, 9.17) is 11.6 Å². The van der Waals surface area contributed by atoms with E-state index in [9.17, 15) is 4.79 Å². The lowest BCUT2D eigenvalue weighted by molar-refractivity contribution is 0.102. The maximum absolute atomic E-state index is 12.3. The highest BCUT2D eigenvalue weighted by Crippen LogP contribution is 2.31. The van der Waals surface area contributed by atoms with Gasteiger partial charge in [-0.15, -0.1) is 11.3 Å². The zero-order valence-corrected chi connectivity index (χ0v) is 15.3. The molecule has 0 saturated carbocycles. The van der Waals surface area contributed by atoms with Crippen LogP contribution in [-0.4, -0.2) is 10.9 Å². The normalized spacial score (nSPS) is 10.7. The highest BCUT2D eigenvalue weighted by Gasteiger charge is 2.13. The van der Waals surface area contributed by atoms with Gasteiger partial charge in [0.25, 0.3) is 5.91 Å². The topological polar surface area (TPSA) is 42.0 Å². The number of rotatable bonds is 3. The van der Waals surface area contributed by atoms with Crippen molar-refractivity contribution >= 4 is 34.0 Å². The van der Waals surface area contributed by atoms with Gasteiger partial charge >= 0.3 is 0 Å². The van der Waals surface area contributed by atoms with Gasteiger partial charge in [-0.2, -0.15) is 0 Å². The van der Waals surface area contributed by atoms with Gasteiger partial charge in [0.2, 0.25) is 0 Å². The van der Waals surface area contributed by atoms with Gasteiger partial charge in [-0.25, -0.2) is 4.98 Å². The van der Waals surface area contributed by atoms with Crippen molar-refractivity contribution in [2.24, 2.45) is 0 Å². The monoisotopic (exact) mass is 356 g/mol. The van der Waals surface area contributed by atoms with Gasteiger partial charge in [0.1, 0.15) is 0 Å². The molecule has 0 fully saturated rings. The highest BCUT2D eigenvalue weighted by molar-refractivity contribution is 7.14. The number of halogens is 1. The molecule has 0 saturated heterocycles. The molecule has 1 heterocycles. The number of carbonyl (C=O) groups is 1. The number of aromatic nitrogens is 1. The van der Waals surface area contributed by atoms with Crippen LogP contribution in [0.25, 0.3) is 11.3 Å². The Morgan fingerprint density at radius 3 is 2.50 bits per heavy atom. The smallest absolute Gasteiger partial charge is 0.257 e. The zero-order valence-electron chi connectivity index (χ0n) is 13.7. The second-order valence-corrected chi connectivity index (χ2v) is 7.07. The molecule has 0 bridgehead atoms. The Labute approximate surface area is 150 Å². The van der Waals surface area contributed by atoms with Crippen LogP contribution in [0.3, 0.4) is 0 Å². The Kier molecular flexibility index (Phi) is 4.69. The van der Waals surface area contributed by atoms with Gasteiger partial charge in [-0.1, -0.05) is 35.4 Å². The van der Waals surface area contributed by atoms with Crippen LogP contribution in [0.5, 0.6) is 0 Å². The van der Waals surface area contributed by atoms with Crippen molar-refractivity contribution in [1.82, 2.24) is 4.98 Å². The van der Waals surface area contributed by atoms with E-state index < -0.39 is 0 Å². The first-order valence-electron chi connectivity index (χ1n) is 7.54. The lowest BCUT2D eigenvalue weighted by Gasteiger charge is -2.08. The van der Waals surface area contributed by atoms with Crippen LogP contribution < -0.4 is 5.32 Å². The van der Waals surface area contributed by atoms with Crippen LogP contribution in [0, 0.1) is 20.8 Å². The largest absolute Gasteiger partial charge is 0.298 e. The van der Waals surface area contributed by atoms with Gasteiger partial charge in [-0.05, 0) is 50.1 Å². The van der Waals surface area contributed by atoms with E-state index in [0.717, 1.165) is 11.3 Å². The Morgan fingerprint density at radius 1 is 1.12 bits per heavy atom. The van der Waals surface area contributed by atoms with Crippen molar-refractivity contribution in [1.29, 1.82) is 0 Å². The minimum atomic E-state index is -0.212. The van der Waals surface area contributed by atoms with Crippen LogP contribution in [0.1, 0.15) is 27.0 Å². The van der Waals surface area contributed by atoms with Crippen molar-refractivity contribution in [3.8, 4) is 11.3 Å². The number of hydrogen-bond acceptors (Lipinski definition) is 3. The molecule has 3 nitrogen and oxygen atoms in total. The van der Waals surface area contributed by atoms with Gasteiger partial charge in [-0.3, -0.25) is 10.1 Å². The Bertz CT molecular complexity index is 894. The molecule has 5 heteroatoms. The summed E-state index contributed by atoms with van der Waals surface area (Å²) in [5.74, 6) is -0.212. The molecule has 0 radical (unpaired) electrons. The molecule has 0 unspecified atom stereocenters. The molecule has 0 spiro atoms. The Morgan fingerprint density at radius 2 is 1.83 bits per heavy atom. The van der Waals surface area contributed by atoms with Crippen molar-refractivity contribution in [2.75, 3.05) is 5.32 Å². The second kappa shape index (κ2) is 6.75. The summed E-state index contributed by atoms with van der Waals surface area (Å²) < 4.78 is 0. The standard InChI is InChI=1S/C19H17ClN2OS/c1-11-7-12(2)17(13(3)8-11)16-10-24-19(21-16)22-18(23)14-5-4-6-15(20)9-14/h4-10H,1-3H3,(H,21,22,23). The summed E-state index contributed by atoms with van der Waals surface area (Å²) in [5, 5.41) is 5.92. The van der Waals surface area contributed by atoms with Gasteiger partial charge in [0.05, 0.1) is 5.69 Å². The van der Waals surface area contributed by atoms with Crippen LogP contribution in [0.2, 0.25) is 5.02 Å². The predicted octanol–water partition coefficient (Wildman–Crippen LogP) is 5.64. The van der Waals surface area contributed by atoms with Crippen LogP contribution in [0.4, 0.5) is 5.13 Å². The predicted molar refractivity (Wildman–Crippen MR) is 101 cm³/mol. The van der Waals surface area contributed by atoms with E-state index in [2.05, 4.69) is 43.2 Å².